The predicted octanol–water partition coefficient (Wildman–Crippen LogP) is 2.29. The zero-order valence-corrected chi connectivity index (χ0v) is 13.9. The minimum Gasteiger partial charge on any atom is -0.314 e. The largest absolute Gasteiger partial charge is 0.314 e. The number of nitrogens with two attached hydrogens (primary N) is 1. The van der Waals surface area contributed by atoms with Crippen molar-refractivity contribution < 1.29 is 8.42 Å². The molecule has 0 aliphatic carbocycles. The summed E-state index contributed by atoms with van der Waals surface area (Å²) in [6.45, 7) is 5.60. The van der Waals surface area contributed by atoms with E-state index in [0.29, 0.717) is 6.42 Å². The Labute approximate surface area is 128 Å². The van der Waals surface area contributed by atoms with E-state index in [2.05, 4.69) is 4.72 Å². The quantitative estimate of drug-likeness (QED) is 0.809. The highest BCUT2D eigenvalue weighted by Gasteiger charge is 2.23. The molecule has 2 atom stereocenters. The Bertz CT molecular complexity index is 477. The molecule has 3 N–H and O–H groups in total. The maximum atomic E-state index is 11.9. The zero-order valence-electron chi connectivity index (χ0n) is 12.2. The van der Waals surface area contributed by atoms with Crippen LogP contribution in [0, 0.1) is 5.92 Å². The van der Waals surface area contributed by atoms with Crippen LogP contribution in [0.25, 0.3) is 0 Å². The van der Waals surface area contributed by atoms with E-state index in [-0.39, 0.29) is 24.4 Å². The third-order valence-electron chi connectivity index (χ3n) is 2.86. The van der Waals surface area contributed by atoms with Crippen LogP contribution >= 0.6 is 12.4 Å². The third kappa shape index (κ3) is 6.70. The summed E-state index contributed by atoms with van der Waals surface area (Å²) in [6, 6.07) is 9.90. The van der Waals surface area contributed by atoms with Gasteiger partial charge in [-0.15, -0.1) is 12.4 Å². The molecule has 1 aromatic carbocycles. The molecule has 2 unspecified atom stereocenters. The van der Waals surface area contributed by atoms with Gasteiger partial charge in [-0.2, -0.15) is 0 Å². The fourth-order valence-corrected chi connectivity index (χ4v) is 3.45. The molecule has 0 spiro atoms. The zero-order chi connectivity index (χ0) is 14.5. The number of hydrogen-bond donors (Lipinski definition) is 2. The lowest BCUT2D eigenvalue weighted by atomic mass is 9.98. The van der Waals surface area contributed by atoms with Crippen molar-refractivity contribution in [3.8, 4) is 0 Å². The maximum Gasteiger partial charge on any atom is 0.227 e. The molecule has 20 heavy (non-hydrogen) atoms. The van der Waals surface area contributed by atoms with Crippen molar-refractivity contribution in [1.82, 2.24) is 4.72 Å². The van der Waals surface area contributed by atoms with Gasteiger partial charge in [0.2, 0.25) is 10.0 Å². The molecule has 116 valence electrons. The fraction of sp³-hybridized carbons (Fsp3) is 0.571. The second-order valence-corrected chi connectivity index (χ2v) is 7.32. The Hall–Kier alpha value is -0.620. The second-order valence-electron chi connectivity index (χ2n) is 5.39. The van der Waals surface area contributed by atoms with Gasteiger partial charge in [0.1, 0.15) is 5.37 Å². The summed E-state index contributed by atoms with van der Waals surface area (Å²) in [5, 5.41) is -0.853. The molecular weight excluding hydrogens is 296 g/mol. The third-order valence-corrected chi connectivity index (χ3v) is 4.65. The van der Waals surface area contributed by atoms with Crippen LogP contribution in [0.15, 0.2) is 30.3 Å². The number of nitrogens with one attached hydrogen (secondary N) is 1. The Morgan fingerprint density at radius 2 is 1.70 bits per heavy atom. The normalized spacial score (nSPS) is 14.7. The lowest BCUT2D eigenvalue weighted by Gasteiger charge is -2.19. The van der Waals surface area contributed by atoms with Crippen molar-refractivity contribution in [2.75, 3.05) is 0 Å². The van der Waals surface area contributed by atoms with E-state index in [4.69, 9.17) is 5.73 Å². The molecule has 0 fully saturated rings. The summed E-state index contributed by atoms with van der Waals surface area (Å²) >= 11 is 0. The molecule has 0 aliphatic heterocycles. The van der Waals surface area contributed by atoms with Gasteiger partial charge in [0.05, 0.1) is 0 Å². The molecule has 0 saturated heterocycles. The van der Waals surface area contributed by atoms with Crippen molar-refractivity contribution in [2.45, 2.75) is 45.0 Å². The Morgan fingerprint density at radius 1 is 1.15 bits per heavy atom. The monoisotopic (exact) mass is 320 g/mol. The highest BCUT2D eigenvalue weighted by molar-refractivity contribution is 7.90. The van der Waals surface area contributed by atoms with Crippen molar-refractivity contribution in [3.05, 3.63) is 35.9 Å². The number of benzene rings is 1. The lowest BCUT2D eigenvalue weighted by molar-refractivity contribution is 0.488. The van der Waals surface area contributed by atoms with Crippen molar-refractivity contribution in [3.63, 3.8) is 0 Å². The van der Waals surface area contributed by atoms with Crippen LogP contribution in [-0.2, 0) is 16.4 Å². The summed E-state index contributed by atoms with van der Waals surface area (Å²) in [6.07, 6.45) is 1.29. The first-order chi connectivity index (χ1) is 8.81. The first kappa shape index (κ1) is 19.4. The molecular formula is C14H25ClN2O2S. The summed E-state index contributed by atoms with van der Waals surface area (Å²) < 4.78 is 26.3. The number of rotatable bonds is 7. The molecule has 0 amide bonds. The maximum absolute atomic E-state index is 11.9. The molecule has 6 heteroatoms. The van der Waals surface area contributed by atoms with E-state index in [1.165, 1.54) is 5.56 Å². The smallest absolute Gasteiger partial charge is 0.227 e. The Morgan fingerprint density at radius 3 is 2.20 bits per heavy atom. The SMILES string of the molecule is CC(Cc1ccccc1)CC(N)S(=O)(=O)NC(C)C.Cl. The average Bonchev–Trinajstić information content (AvgIpc) is 2.28. The summed E-state index contributed by atoms with van der Waals surface area (Å²) in [4.78, 5) is 0. The molecule has 0 aliphatic rings. The minimum atomic E-state index is -3.42. The van der Waals surface area contributed by atoms with Crippen LogP contribution < -0.4 is 10.5 Å². The van der Waals surface area contributed by atoms with Gasteiger partial charge < -0.3 is 5.73 Å². The van der Waals surface area contributed by atoms with Crippen LogP contribution in [0.1, 0.15) is 32.8 Å². The average molecular weight is 321 g/mol. The van der Waals surface area contributed by atoms with Gasteiger partial charge in [0, 0.05) is 6.04 Å². The molecule has 0 heterocycles. The van der Waals surface area contributed by atoms with Gasteiger partial charge in [-0.3, -0.25) is 0 Å². The molecule has 0 radical (unpaired) electrons. The highest BCUT2D eigenvalue weighted by atomic mass is 35.5. The second kappa shape index (κ2) is 8.62. The van der Waals surface area contributed by atoms with Gasteiger partial charge >= 0.3 is 0 Å². The fourth-order valence-electron chi connectivity index (χ4n) is 2.04. The van der Waals surface area contributed by atoms with Crippen molar-refractivity contribution in [1.29, 1.82) is 0 Å². The predicted molar refractivity (Wildman–Crippen MR) is 86.3 cm³/mol. The van der Waals surface area contributed by atoms with Gasteiger partial charge in [-0.1, -0.05) is 37.3 Å². The summed E-state index contributed by atoms with van der Waals surface area (Å²) in [5.41, 5.74) is 7.01. The molecule has 0 aromatic heterocycles. The lowest BCUT2D eigenvalue weighted by Crippen LogP contribution is -2.43. The van der Waals surface area contributed by atoms with Crippen molar-refractivity contribution >= 4 is 22.4 Å². The number of hydrogen-bond acceptors (Lipinski definition) is 3. The van der Waals surface area contributed by atoms with E-state index in [1.807, 2.05) is 37.3 Å². The molecule has 0 bridgehead atoms. The first-order valence-electron chi connectivity index (χ1n) is 6.62. The van der Waals surface area contributed by atoms with Gasteiger partial charge in [0.15, 0.2) is 0 Å². The van der Waals surface area contributed by atoms with E-state index in [0.717, 1.165) is 6.42 Å². The van der Waals surface area contributed by atoms with Crippen LogP contribution in [0.2, 0.25) is 0 Å². The topological polar surface area (TPSA) is 72.2 Å². The van der Waals surface area contributed by atoms with E-state index < -0.39 is 15.4 Å². The van der Waals surface area contributed by atoms with Gasteiger partial charge in [-0.25, -0.2) is 13.1 Å². The van der Waals surface area contributed by atoms with Gasteiger partial charge in [-0.05, 0) is 38.2 Å². The summed E-state index contributed by atoms with van der Waals surface area (Å²) in [7, 11) is -3.42. The Balaban J connectivity index is 0.00000361. The first-order valence-corrected chi connectivity index (χ1v) is 8.16. The van der Waals surface area contributed by atoms with Gasteiger partial charge in [0.25, 0.3) is 0 Å². The van der Waals surface area contributed by atoms with E-state index in [9.17, 15) is 8.42 Å². The highest BCUT2D eigenvalue weighted by Crippen LogP contribution is 2.15. The molecule has 0 saturated carbocycles. The minimum absolute atomic E-state index is 0. The molecule has 1 rings (SSSR count). The summed E-state index contributed by atoms with van der Waals surface area (Å²) in [5.74, 6) is 0.223. The van der Waals surface area contributed by atoms with Crippen LogP contribution in [-0.4, -0.2) is 19.8 Å². The number of halogens is 1. The van der Waals surface area contributed by atoms with Crippen LogP contribution in [0.4, 0.5) is 0 Å². The van der Waals surface area contributed by atoms with E-state index in [1.54, 1.807) is 13.8 Å². The standard InChI is InChI=1S/C14H24N2O2S.ClH/c1-11(2)16-19(17,18)14(15)10-12(3)9-13-7-5-4-6-8-13;/h4-8,11-12,14,16H,9-10,15H2,1-3H3;1H. The number of sulfonamides is 1. The van der Waals surface area contributed by atoms with Crippen LogP contribution in [0.3, 0.4) is 0 Å². The van der Waals surface area contributed by atoms with Crippen molar-refractivity contribution in [2.24, 2.45) is 11.7 Å². The molecule has 4 nitrogen and oxygen atoms in total. The van der Waals surface area contributed by atoms with Crippen LogP contribution in [0.5, 0.6) is 0 Å². The van der Waals surface area contributed by atoms with E-state index >= 15 is 0 Å². The Kier molecular flexibility index (Phi) is 8.35. The molecule has 1 aromatic rings.